The topological polar surface area (TPSA) is 31.4 Å². The number of para-hydroxylation sites is 1. The summed E-state index contributed by atoms with van der Waals surface area (Å²) in [5, 5.41) is 1.08. The highest BCUT2D eigenvalue weighted by Crippen LogP contribution is 2.32. The lowest BCUT2D eigenvalue weighted by atomic mass is 10.1. The summed E-state index contributed by atoms with van der Waals surface area (Å²) in [7, 11) is 1.74. The third kappa shape index (κ3) is 4.66. The number of hydrogen-bond acceptors (Lipinski definition) is 4. The minimum absolute atomic E-state index is 0.199. The molecule has 0 N–H and O–H groups in total. The average Bonchev–Trinajstić information content (AvgIpc) is 3.06. The van der Waals surface area contributed by atoms with Gasteiger partial charge in [-0.3, -0.25) is 0 Å². The van der Waals surface area contributed by atoms with E-state index in [-0.39, 0.29) is 12.2 Å². The van der Waals surface area contributed by atoms with Crippen molar-refractivity contribution in [3.8, 4) is 10.6 Å². The number of fused-ring (bicyclic) bond motifs is 1. The Labute approximate surface area is 153 Å². The number of hydrogen-bond donors (Lipinski definition) is 0. The van der Waals surface area contributed by atoms with Crippen molar-refractivity contribution in [2.45, 2.75) is 38.9 Å². The predicted octanol–water partition coefficient (Wildman–Crippen LogP) is 5.34. The van der Waals surface area contributed by atoms with Gasteiger partial charge in [0.2, 0.25) is 0 Å². The van der Waals surface area contributed by atoms with E-state index in [1.54, 1.807) is 18.4 Å². The number of rotatable bonds is 8. The number of ether oxygens (including phenoxy) is 2. The summed E-state index contributed by atoms with van der Waals surface area (Å²) in [4.78, 5) is 4.80. The molecule has 1 heterocycles. The van der Waals surface area contributed by atoms with Crippen molar-refractivity contribution in [2.75, 3.05) is 13.7 Å². The molecule has 0 saturated carbocycles. The lowest BCUT2D eigenvalue weighted by Crippen LogP contribution is -2.18. The fourth-order valence-electron chi connectivity index (χ4n) is 2.94. The van der Waals surface area contributed by atoms with E-state index < -0.39 is 0 Å². The summed E-state index contributed by atoms with van der Waals surface area (Å²) in [5.74, 6) is 0. The van der Waals surface area contributed by atoms with Gasteiger partial charge >= 0.3 is 0 Å². The predicted molar refractivity (Wildman–Crippen MR) is 105 cm³/mol. The fraction of sp³-hybridized carbons (Fsp3) is 0.381. The van der Waals surface area contributed by atoms with Gasteiger partial charge in [0, 0.05) is 12.7 Å². The van der Waals surface area contributed by atoms with Crippen molar-refractivity contribution in [3.05, 3.63) is 54.1 Å². The zero-order valence-electron chi connectivity index (χ0n) is 15.1. The Kier molecular flexibility index (Phi) is 6.19. The van der Waals surface area contributed by atoms with Gasteiger partial charge < -0.3 is 9.47 Å². The molecule has 3 aromatic rings. The standard InChI is InChI=1S/C21H25NO2S/c1-15(23-3)14-16(2)24-13-12-17-8-4-5-9-18(17)21-22-19-10-6-7-11-20(19)25-21/h4-11,15-16H,12-14H2,1-3H3. The van der Waals surface area contributed by atoms with Crippen LogP contribution >= 0.6 is 11.3 Å². The smallest absolute Gasteiger partial charge is 0.124 e. The molecule has 0 spiro atoms. The van der Waals surface area contributed by atoms with Crippen molar-refractivity contribution in [1.82, 2.24) is 4.98 Å². The number of aromatic nitrogens is 1. The van der Waals surface area contributed by atoms with Crippen LogP contribution in [0.2, 0.25) is 0 Å². The Morgan fingerprint density at radius 2 is 1.76 bits per heavy atom. The summed E-state index contributed by atoms with van der Waals surface area (Å²) in [5.41, 5.74) is 3.56. The third-order valence-corrected chi connectivity index (χ3v) is 5.45. The van der Waals surface area contributed by atoms with E-state index in [9.17, 15) is 0 Å². The maximum absolute atomic E-state index is 5.97. The molecular weight excluding hydrogens is 330 g/mol. The molecule has 4 heteroatoms. The molecule has 0 amide bonds. The number of thiazole rings is 1. The van der Waals surface area contributed by atoms with Crippen LogP contribution < -0.4 is 0 Å². The van der Waals surface area contributed by atoms with Crippen molar-refractivity contribution >= 4 is 21.6 Å². The summed E-state index contributed by atoms with van der Waals surface area (Å²) in [6.07, 6.45) is 2.22. The summed E-state index contributed by atoms with van der Waals surface area (Å²) >= 11 is 1.75. The Morgan fingerprint density at radius 3 is 2.56 bits per heavy atom. The highest BCUT2D eigenvalue weighted by molar-refractivity contribution is 7.21. The second-order valence-electron chi connectivity index (χ2n) is 6.36. The second-order valence-corrected chi connectivity index (χ2v) is 7.39. The van der Waals surface area contributed by atoms with Crippen LogP contribution in [-0.2, 0) is 15.9 Å². The van der Waals surface area contributed by atoms with E-state index in [0.29, 0.717) is 6.61 Å². The van der Waals surface area contributed by atoms with Gasteiger partial charge in [-0.2, -0.15) is 0 Å². The monoisotopic (exact) mass is 355 g/mol. The molecule has 0 aliphatic carbocycles. The van der Waals surface area contributed by atoms with E-state index in [0.717, 1.165) is 23.4 Å². The van der Waals surface area contributed by atoms with E-state index >= 15 is 0 Å². The van der Waals surface area contributed by atoms with Crippen molar-refractivity contribution in [2.24, 2.45) is 0 Å². The van der Waals surface area contributed by atoms with E-state index in [1.807, 2.05) is 6.07 Å². The molecule has 0 radical (unpaired) electrons. The van der Waals surface area contributed by atoms with Crippen LogP contribution in [0.15, 0.2) is 48.5 Å². The number of methoxy groups -OCH3 is 1. The van der Waals surface area contributed by atoms with Crippen LogP contribution in [0, 0.1) is 0 Å². The first-order valence-electron chi connectivity index (χ1n) is 8.75. The first-order chi connectivity index (χ1) is 12.2. The Balaban J connectivity index is 1.69. The van der Waals surface area contributed by atoms with E-state index in [1.165, 1.54) is 15.8 Å². The maximum atomic E-state index is 5.97. The maximum Gasteiger partial charge on any atom is 0.124 e. The molecule has 0 aliphatic heterocycles. The van der Waals surface area contributed by atoms with Gasteiger partial charge in [0.05, 0.1) is 29.0 Å². The molecule has 25 heavy (non-hydrogen) atoms. The Bertz CT molecular complexity index is 781. The van der Waals surface area contributed by atoms with Gasteiger partial charge in [-0.15, -0.1) is 11.3 Å². The Morgan fingerprint density at radius 1 is 1.00 bits per heavy atom. The molecule has 0 saturated heterocycles. The summed E-state index contributed by atoms with van der Waals surface area (Å²) < 4.78 is 12.5. The quantitative estimate of drug-likeness (QED) is 0.547. The lowest BCUT2D eigenvalue weighted by Gasteiger charge is -2.17. The molecule has 2 aromatic carbocycles. The van der Waals surface area contributed by atoms with Gasteiger partial charge in [0.15, 0.2) is 0 Å². The molecule has 0 fully saturated rings. The molecule has 3 rings (SSSR count). The Hall–Kier alpha value is -1.75. The zero-order valence-corrected chi connectivity index (χ0v) is 15.9. The molecule has 0 aliphatic rings. The second kappa shape index (κ2) is 8.56. The highest BCUT2D eigenvalue weighted by atomic mass is 32.1. The summed E-state index contributed by atoms with van der Waals surface area (Å²) in [6.45, 7) is 4.89. The van der Waals surface area contributed by atoms with Crippen molar-refractivity contribution < 1.29 is 9.47 Å². The van der Waals surface area contributed by atoms with Crippen LogP contribution in [0.4, 0.5) is 0 Å². The minimum Gasteiger partial charge on any atom is -0.382 e. The van der Waals surface area contributed by atoms with Crippen molar-refractivity contribution in [3.63, 3.8) is 0 Å². The molecule has 2 atom stereocenters. The normalized spacial score (nSPS) is 13.9. The highest BCUT2D eigenvalue weighted by Gasteiger charge is 2.12. The van der Waals surface area contributed by atoms with Gasteiger partial charge in [0.25, 0.3) is 0 Å². The molecule has 132 valence electrons. The SMILES string of the molecule is COC(C)CC(C)OCCc1ccccc1-c1nc2ccccc2s1. The minimum atomic E-state index is 0.199. The van der Waals surface area contributed by atoms with Gasteiger partial charge in [0.1, 0.15) is 5.01 Å². The van der Waals surface area contributed by atoms with Crippen LogP contribution in [0.25, 0.3) is 20.8 Å². The molecule has 0 bridgehead atoms. The van der Waals surface area contributed by atoms with Crippen molar-refractivity contribution in [1.29, 1.82) is 0 Å². The molecular formula is C21H25NO2S. The van der Waals surface area contributed by atoms with Crippen LogP contribution in [0.1, 0.15) is 25.8 Å². The van der Waals surface area contributed by atoms with Gasteiger partial charge in [-0.1, -0.05) is 36.4 Å². The average molecular weight is 356 g/mol. The van der Waals surface area contributed by atoms with Crippen LogP contribution in [-0.4, -0.2) is 30.9 Å². The van der Waals surface area contributed by atoms with Crippen LogP contribution in [0.3, 0.4) is 0 Å². The van der Waals surface area contributed by atoms with E-state index in [4.69, 9.17) is 14.5 Å². The third-order valence-electron chi connectivity index (χ3n) is 4.38. The number of benzene rings is 2. The number of nitrogens with zero attached hydrogens (tertiary/aromatic N) is 1. The first kappa shape index (κ1) is 18.1. The fourth-order valence-corrected chi connectivity index (χ4v) is 3.96. The summed E-state index contributed by atoms with van der Waals surface area (Å²) in [6, 6.07) is 16.8. The largest absolute Gasteiger partial charge is 0.382 e. The van der Waals surface area contributed by atoms with E-state index in [2.05, 4.69) is 56.3 Å². The van der Waals surface area contributed by atoms with Gasteiger partial charge in [-0.25, -0.2) is 4.98 Å². The lowest BCUT2D eigenvalue weighted by molar-refractivity contribution is 0.0157. The molecule has 1 aromatic heterocycles. The van der Waals surface area contributed by atoms with Crippen LogP contribution in [0.5, 0.6) is 0 Å². The zero-order chi connectivity index (χ0) is 17.6. The van der Waals surface area contributed by atoms with Gasteiger partial charge in [-0.05, 0) is 44.4 Å². The first-order valence-corrected chi connectivity index (χ1v) is 9.57. The molecule has 2 unspecified atom stereocenters. The molecule has 3 nitrogen and oxygen atoms in total.